The number of aromatic carboxylic acids is 1. The van der Waals surface area contributed by atoms with Crippen LogP contribution in [-0.4, -0.2) is 57.1 Å². The van der Waals surface area contributed by atoms with E-state index >= 15 is 0 Å². The third kappa shape index (κ3) is 6.55. The molecule has 0 radical (unpaired) electrons. The van der Waals surface area contributed by atoms with Gasteiger partial charge in [0.15, 0.2) is 0 Å². The fourth-order valence-corrected chi connectivity index (χ4v) is 6.23. The molecule has 2 aromatic rings. The molecule has 0 spiro atoms. The molecule has 4 rings (SSSR count). The molecule has 2 saturated heterocycles. The molecule has 2 fully saturated rings. The number of piperidine rings is 2. The standard InChI is InChI=1S/C27H37N3O4S/c1-2-21-6-9-24(10-7-21)35(33,34)28-23-8-11-26(25(20-23)27(31)32)30-18-13-22(14-19-30)12-17-29-15-4-3-5-16-29/h6-11,20,22,28H,2-5,12-19H2,1H3,(H,31,32). The smallest absolute Gasteiger partial charge is 0.337 e. The number of benzene rings is 2. The monoisotopic (exact) mass is 499 g/mol. The summed E-state index contributed by atoms with van der Waals surface area (Å²) in [6.07, 6.45) is 8.12. The largest absolute Gasteiger partial charge is 0.478 e. The zero-order valence-electron chi connectivity index (χ0n) is 20.6. The van der Waals surface area contributed by atoms with E-state index in [1.807, 2.05) is 6.92 Å². The lowest BCUT2D eigenvalue weighted by Crippen LogP contribution is -2.37. The lowest BCUT2D eigenvalue weighted by Gasteiger charge is -2.35. The van der Waals surface area contributed by atoms with Crippen molar-refractivity contribution in [2.75, 3.05) is 42.3 Å². The summed E-state index contributed by atoms with van der Waals surface area (Å²) in [5.41, 5.74) is 2.08. The molecule has 0 aromatic heterocycles. The Kier molecular flexibility index (Phi) is 8.34. The number of carbonyl (C=O) groups is 1. The van der Waals surface area contributed by atoms with Crippen molar-refractivity contribution in [3.8, 4) is 0 Å². The topological polar surface area (TPSA) is 90.0 Å². The first-order valence-electron chi connectivity index (χ1n) is 12.8. The van der Waals surface area contributed by atoms with Crippen LogP contribution in [-0.2, 0) is 16.4 Å². The maximum absolute atomic E-state index is 12.8. The van der Waals surface area contributed by atoms with E-state index in [0.717, 1.165) is 37.9 Å². The molecule has 0 saturated carbocycles. The number of hydrogen-bond donors (Lipinski definition) is 2. The van der Waals surface area contributed by atoms with Gasteiger partial charge in [-0.05, 0) is 100.0 Å². The van der Waals surface area contributed by atoms with Gasteiger partial charge in [0.25, 0.3) is 10.0 Å². The van der Waals surface area contributed by atoms with Gasteiger partial charge in [-0.25, -0.2) is 13.2 Å². The molecule has 2 aliphatic heterocycles. The molecule has 0 unspecified atom stereocenters. The molecule has 0 atom stereocenters. The minimum absolute atomic E-state index is 0.123. The van der Waals surface area contributed by atoms with Gasteiger partial charge in [-0.2, -0.15) is 0 Å². The number of sulfonamides is 1. The fourth-order valence-electron chi connectivity index (χ4n) is 5.18. The van der Waals surface area contributed by atoms with Gasteiger partial charge in [-0.15, -0.1) is 0 Å². The van der Waals surface area contributed by atoms with Gasteiger partial charge >= 0.3 is 5.97 Å². The van der Waals surface area contributed by atoms with Gasteiger partial charge in [0.1, 0.15) is 0 Å². The van der Waals surface area contributed by atoms with Crippen molar-refractivity contribution in [1.29, 1.82) is 0 Å². The van der Waals surface area contributed by atoms with Crippen LogP contribution in [0.25, 0.3) is 0 Å². The fraction of sp³-hybridized carbons (Fsp3) is 0.519. The van der Waals surface area contributed by atoms with Crippen molar-refractivity contribution in [1.82, 2.24) is 4.90 Å². The van der Waals surface area contributed by atoms with E-state index in [4.69, 9.17) is 0 Å². The molecule has 2 N–H and O–H groups in total. The molecule has 8 heteroatoms. The van der Waals surface area contributed by atoms with Crippen LogP contribution < -0.4 is 9.62 Å². The molecule has 2 aromatic carbocycles. The Morgan fingerprint density at radius 2 is 1.69 bits per heavy atom. The second-order valence-corrected chi connectivity index (χ2v) is 11.4. The van der Waals surface area contributed by atoms with Crippen molar-refractivity contribution in [2.24, 2.45) is 5.92 Å². The molecule has 0 amide bonds. The van der Waals surface area contributed by atoms with E-state index in [9.17, 15) is 18.3 Å². The van der Waals surface area contributed by atoms with Crippen molar-refractivity contribution in [3.05, 3.63) is 53.6 Å². The first kappa shape index (κ1) is 25.5. The van der Waals surface area contributed by atoms with Gasteiger partial charge in [0.2, 0.25) is 0 Å². The van der Waals surface area contributed by atoms with E-state index in [-0.39, 0.29) is 16.1 Å². The van der Waals surface area contributed by atoms with Gasteiger partial charge in [-0.3, -0.25) is 4.72 Å². The molecule has 2 aliphatic rings. The maximum Gasteiger partial charge on any atom is 0.337 e. The Bertz CT molecular complexity index is 1100. The zero-order chi connectivity index (χ0) is 24.8. The average Bonchev–Trinajstić information content (AvgIpc) is 2.88. The number of hydrogen-bond acceptors (Lipinski definition) is 5. The molecular formula is C27H37N3O4S. The van der Waals surface area contributed by atoms with Crippen molar-refractivity contribution in [2.45, 2.75) is 56.8 Å². The summed E-state index contributed by atoms with van der Waals surface area (Å²) in [7, 11) is -3.80. The summed E-state index contributed by atoms with van der Waals surface area (Å²) < 4.78 is 28.2. The van der Waals surface area contributed by atoms with Crippen molar-refractivity contribution < 1.29 is 18.3 Å². The molecule has 0 bridgehead atoms. The van der Waals surface area contributed by atoms with Crippen LogP contribution in [0.4, 0.5) is 11.4 Å². The highest BCUT2D eigenvalue weighted by molar-refractivity contribution is 7.92. The molecule has 35 heavy (non-hydrogen) atoms. The van der Waals surface area contributed by atoms with Crippen LogP contribution in [0.3, 0.4) is 0 Å². The predicted molar refractivity (Wildman–Crippen MR) is 140 cm³/mol. The van der Waals surface area contributed by atoms with Crippen LogP contribution in [0.2, 0.25) is 0 Å². The van der Waals surface area contributed by atoms with Crippen LogP contribution in [0, 0.1) is 5.92 Å². The molecule has 7 nitrogen and oxygen atoms in total. The zero-order valence-corrected chi connectivity index (χ0v) is 21.4. The van der Waals surface area contributed by atoms with Crippen LogP contribution in [0.15, 0.2) is 47.4 Å². The highest BCUT2D eigenvalue weighted by Crippen LogP contribution is 2.31. The van der Waals surface area contributed by atoms with E-state index in [2.05, 4.69) is 14.5 Å². The summed E-state index contributed by atoms with van der Waals surface area (Å²) in [5, 5.41) is 9.86. The molecule has 2 heterocycles. The first-order chi connectivity index (χ1) is 16.9. The third-order valence-corrected chi connectivity index (χ3v) is 8.78. The normalized spacial score (nSPS) is 17.9. The predicted octanol–water partition coefficient (Wildman–Crippen LogP) is 4.84. The second kappa shape index (κ2) is 11.4. The number of aryl methyl sites for hydroxylation is 1. The number of likely N-dealkylation sites (tertiary alicyclic amines) is 1. The SMILES string of the molecule is CCc1ccc(S(=O)(=O)Nc2ccc(N3CCC(CCN4CCCCC4)CC3)c(C(=O)O)c2)cc1. The summed E-state index contributed by atoms with van der Waals surface area (Å²) in [5.74, 6) is -0.382. The maximum atomic E-state index is 12.8. The van der Waals surface area contributed by atoms with E-state index in [1.165, 1.54) is 51.4 Å². The van der Waals surface area contributed by atoms with Crippen molar-refractivity contribution >= 4 is 27.4 Å². The Balaban J connectivity index is 1.40. The number of nitrogens with zero attached hydrogens (tertiary/aromatic N) is 2. The minimum atomic E-state index is -3.80. The summed E-state index contributed by atoms with van der Waals surface area (Å²) in [6.45, 7) is 7.26. The molecule has 0 aliphatic carbocycles. The summed E-state index contributed by atoms with van der Waals surface area (Å²) in [4.78, 5) is 16.9. The van der Waals surface area contributed by atoms with E-state index in [0.29, 0.717) is 11.6 Å². The molecule has 190 valence electrons. The van der Waals surface area contributed by atoms with Gasteiger partial charge in [-0.1, -0.05) is 25.5 Å². The van der Waals surface area contributed by atoms with Crippen LogP contribution >= 0.6 is 0 Å². The third-order valence-electron chi connectivity index (χ3n) is 7.38. The lowest BCUT2D eigenvalue weighted by atomic mass is 9.92. The highest BCUT2D eigenvalue weighted by atomic mass is 32.2. The van der Waals surface area contributed by atoms with Gasteiger partial charge < -0.3 is 14.9 Å². The molecular weight excluding hydrogens is 462 g/mol. The Hall–Kier alpha value is -2.58. The summed E-state index contributed by atoms with van der Waals surface area (Å²) >= 11 is 0. The Morgan fingerprint density at radius 3 is 2.31 bits per heavy atom. The van der Waals surface area contributed by atoms with Gasteiger partial charge in [0.05, 0.1) is 16.1 Å². The number of carboxylic acids is 1. The second-order valence-electron chi connectivity index (χ2n) is 9.76. The number of rotatable bonds is 9. The first-order valence-corrected chi connectivity index (χ1v) is 14.3. The lowest BCUT2D eigenvalue weighted by molar-refractivity contribution is 0.0697. The van der Waals surface area contributed by atoms with Crippen molar-refractivity contribution in [3.63, 3.8) is 0 Å². The number of nitrogens with one attached hydrogen (secondary N) is 1. The van der Waals surface area contributed by atoms with Crippen LogP contribution in [0.5, 0.6) is 0 Å². The van der Waals surface area contributed by atoms with Crippen LogP contribution in [0.1, 0.15) is 61.4 Å². The Labute approximate surface area is 209 Å². The van der Waals surface area contributed by atoms with E-state index in [1.54, 1.807) is 36.4 Å². The van der Waals surface area contributed by atoms with E-state index < -0.39 is 16.0 Å². The quantitative estimate of drug-likeness (QED) is 0.513. The average molecular weight is 500 g/mol. The minimum Gasteiger partial charge on any atom is -0.478 e. The summed E-state index contributed by atoms with van der Waals surface area (Å²) in [6, 6.07) is 11.5. The highest BCUT2D eigenvalue weighted by Gasteiger charge is 2.24. The number of anilines is 2. The van der Waals surface area contributed by atoms with Gasteiger partial charge in [0, 0.05) is 18.8 Å². The number of carboxylic acid groups (broad SMARTS) is 1. The Morgan fingerprint density at radius 1 is 1.00 bits per heavy atom.